The van der Waals surface area contributed by atoms with Crippen LogP contribution in [0, 0.1) is 15.9 Å². The third-order valence-electron chi connectivity index (χ3n) is 5.57. The van der Waals surface area contributed by atoms with Crippen LogP contribution >= 0.6 is 11.8 Å². The monoisotopic (exact) mass is 570 g/mol. The number of nitrogens with one attached hydrogen (secondary N) is 3. The second kappa shape index (κ2) is 13.7. The Bertz CT molecular complexity index is 1590. The molecule has 0 fully saturated rings. The van der Waals surface area contributed by atoms with Crippen LogP contribution in [-0.2, 0) is 9.59 Å². The first kappa shape index (κ1) is 28.7. The van der Waals surface area contributed by atoms with Crippen LogP contribution < -0.4 is 16.0 Å². The largest absolute Gasteiger partial charge is 0.323 e. The molecule has 4 aromatic carbocycles. The summed E-state index contributed by atoms with van der Waals surface area (Å²) in [4.78, 5) is 49.3. The molecule has 9 nitrogen and oxygen atoms in total. The van der Waals surface area contributed by atoms with Gasteiger partial charge in [0, 0.05) is 28.3 Å². The maximum absolute atomic E-state index is 13.7. The number of non-ortho nitro benzene ring substituents is 1. The minimum absolute atomic E-state index is 0.0493. The SMILES string of the molecule is O=C(CSc1ccc(NC(=O)/C(=C/c2ccc([N+](=O)[O-])cc2)NC(=O)c2ccccc2)cc1)Nc1ccccc1F. The molecule has 0 saturated carbocycles. The van der Waals surface area contributed by atoms with Gasteiger partial charge < -0.3 is 16.0 Å². The molecule has 0 bridgehead atoms. The molecule has 11 heteroatoms. The molecule has 0 aromatic heterocycles. The van der Waals surface area contributed by atoms with Gasteiger partial charge in [-0.05, 0) is 72.3 Å². The van der Waals surface area contributed by atoms with Crippen molar-refractivity contribution in [2.45, 2.75) is 4.90 Å². The topological polar surface area (TPSA) is 130 Å². The average Bonchev–Trinajstić information content (AvgIpc) is 2.98. The second-order valence-corrected chi connectivity index (χ2v) is 9.57. The molecule has 0 saturated heterocycles. The molecule has 0 aliphatic rings. The summed E-state index contributed by atoms with van der Waals surface area (Å²) < 4.78 is 13.7. The predicted octanol–water partition coefficient (Wildman–Crippen LogP) is 5.87. The lowest BCUT2D eigenvalue weighted by Crippen LogP contribution is -2.30. The number of thioether (sulfide) groups is 1. The molecule has 0 aliphatic heterocycles. The molecule has 0 spiro atoms. The number of carbonyl (C=O) groups is 3. The summed E-state index contributed by atoms with van der Waals surface area (Å²) in [7, 11) is 0. The minimum atomic E-state index is -0.614. The van der Waals surface area contributed by atoms with Gasteiger partial charge in [0.2, 0.25) is 5.91 Å². The van der Waals surface area contributed by atoms with E-state index >= 15 is 0 Å². The first-order valence-corrected chi connectivity index (χ1v) is 13.2. The standard InChI is InChI=1S/C30H23FN4O5S/c31-25-8-4-5-9-26(25)33-28(36)19-41-24-16-12-22(13-17-24)32-30(38)27(34-29(37)21-6-2-1-3-7-21)18-20-10-14-23(15-11-20)35(39)40/h1-18H,19H2,(H,32,38)(H,33,36)(H,34,37)/b27-18-. The molecule has 4 rings (SSSR count). The molecule has 0 aliphatic carbocycles. The average molecular weight is 571 g/mol. The summed E-state index contributed by atoms with van der Waals surface area (Å²) >= 11 is 1.23. The quantitative estimate of drug-likeness (QED) is 0.0946. The van der Waals surface area contributed by atoms with Crippen LogP contribution in [0.3, 0.4) is 0 Å². The second-order valence-electron chi connectivity index (χ2n) is 8.52. The zero-order valence-electron chi connectivity index (χ0n) is 21.4. The van der Waals surface area contributed by atoms with Crippen molar-refractivity contribution >= 4 is 52.6 Å². The van der Waals surface area contributed by atoms with E-state index in [-0.39, 0.29) is 28.7 Å². The van der Waals surface area contributed by atoms with E-state index in [1.165, 1.54) is 60.3 Å². The van der Waals surface area contributed by atoms with Crippen LogP contribution in [0.5, 0.6) is 0 Å². The van der Waals surface area contributed by atoms with Crippen molar-refractivity contribution in [2.24, 2.45) is 0 Å². The molecule has 0 heterocycles. The molecule has 3 amide bonds. The first-order chi connectivity index (χ1) is 19.8. The van der Waals surface area contributed by atoms with Crippen LogP contribution in [0.1, 0.15) is 15.9 Å². The zero-order chi connectivity index (χ0) is 29.2. The highest BCUT2D eigenvalue weighted by Gasteiger charge is 2.16. The van der Waals surface area contributed by atoms with Gasteiger partial charge in [-0.15, -0.1) is 11.8 Å². The Morgan fingerprint density at radius 1 is 0.829 bits per heavy atom. The maximum Gasteiger partial charge on any atom is 0.272 e. The van der Waals surface area contributed by atoms with Gasteiger partial charge in [-0.25, -0.2) is 4.39 Å². The summed E-state index contributed by atoms with van der Waals surface area (Å²) in [6, 6.07) is 26.5. The molecular formula is C30H23FN4O5S. The summed E-state index contributed by atoms with van der Waals surface area (Å²) in [5.74, 6) is -1.96. The third kappa shape index (κ3) is 8.35. The van der Waals surface area contributed by atoms with Crippen LogP contribution in [0.25, 0.3) is 6.08 Å². The Morgan fingerprint density at radius 2 is 1.49 bits per heavy atom. The Labute approximate surface area is 238 Å². The first-order valence-electron chi connectivity index (χ1n) is 12.2. The van der Waals surface area contributed by atoms with Gasteiger partial charge >= 0.3 is 0 Å². The number of nitrogens with zero attached hydrogens (tertiary/aromatic N) is 1. The highest BCUT2D eigenvalue weighted by atomic mass is 32.2. The number of benzene rings is 4. The van der Waals surface area contributed by atoms with Crippen molar-refractivity contribution in [3.8, 4) is 0 Å². The highest BCUT2D eigenvalue weighted by molar-refractivity contribution is 8.00. The number of rotatable bonds is 10. The Kier molecular flexibility index (Phi) is 9.57. The Morgan fingerprint density at radius 3 is 2.15 bits per heavy atom. The molecule has 206 valence electrons. The lowest BCUT2D eigenvalue weighted by Gasteiger charge is -2.12. The molecular weight excluding hydrogens is 547 g/mol. The van der Waals surface area contributed by atoms with Gasteiger partial charge in [0.1, 0.15) is 11.5 Å². The van der Waals surface area contributed by atoms with Gasteiger partial charge in [0.25, 0.3) is 17.5 Å². The Balaban J connectivity index is 1.43. The van der Waals surface area contributed by atoms with E-state index < -0.39 is 22.6 Å². The normalized spacial score (nSPS) is 10.9. The molecule has 0 radical (unpaired) electrons. The van der Waals surface area contributed by atoms with E-state index in [0.29, 0.717) is 16.8 Å². The molecule has 4 aromatic rings. The van der Waals surface area contributed by atoms with Gasteiger partial charge in [-0.2, -0.15) is 0 Å². The van der Waals surface area contributed by atoms with Crippen molar-refractivity contribution in [1.29, 1.82) is 0 Å². The van der Waals surface area contributed by atoms with Gasteiger partial charge in [0.05, 0.1) is 16.4 Å². The van der Waals surface area contributed by atoms with E-state index in [9.17, 15) is 28.9 Å². The third-order valence-corrected chi connectivity index (χ3v) is 6.59. The number of hydrogen-bond acceptors (Lipinski definition) is 6. The van der Waals surface area contributed by atoms with Crippen molar-refractivity contribution in [3.63, 3.8) is 0 Å². The summed E-state index contributed by atoms with van der Waals surface area (Å²) in [5.41, 5.74) is 1.16. The van der Waals surface area contributed by atoms with Crippen molar-refractivity contribution in [3.05, 3.63) is 136 Å². The van der Waals surface area contributed by atoms with Crippen LogP contribution in [0.4, 0.5) is 21.5 Å². The van der Waals surface area contributed by atoms with Gasteiger partial charge in [-0.1, -0.05) is 30.3 Å². The summed E-state index contributed by atoms with van der Waals surface area (Å²) in [6.07, 6.45) is 1.41. The number of carbonyl (C=O) groups excluding carboxylic acids is 3. The fraction of sp³-hybridized carbons (Fsp3) is 0.0333. The summed E-state index contributed by atoms with van der Waals surface area (Å²) in [5, 5.41) is 18.8. The van der Waals surface area contributed by atoms with Crippen LogP contribution in [0.15, 0.2) is 114 Å². The van der Waals surface area contributed by atoms with Crippen molar-refractivity contribution < 1.29 is 23.7 Å². The molecule has 41 heavy (non-hydrogen) atoms. The number of para-hydroxylation sites is 1. The van der Waals surface area contributed by atoms with Crippen molar-refractivity contribution in [1.82, 2.24) is 5.32 Å². The zero-order valence-corrected chi connectivity index (χ0v) is 22.2. The Hall–Kier alpha value is -5.29. The number of amides is 3. The fourth-order valence-electron chi connectivity index (χ4n) is 3.53. The van der Waals surface area contributed by atoms with Crippen LogP contribution in [0.2, 0.25) is 0 Å². The number of anilines is 2. The lowest BCUT2D eigenvalue weighted by molar-refractivity contribution is -0.384. The van der Waals surface area contributed by atoms with E-state index in [4.69, 9.17) is 0 Å². The van der Waals surface area contributed by atoms with E-state index in [1.54, 1.807) is 60.7 Å². The van der Waals surface area contributed by atoms with E-state index in [0.717, 1.165) is 4.90 Å². The van der Waals surface area contributed by atoms with Gasteiger partial charge in [-0.3, -0.25) is 24.5 Å². The molecule has 0 unspecified atom stereocenters. The van der Waals surface area contributed by atoms with E-state index in [2.05, 4.69) is 16.0 Å². The predicted molar refractivity (Wildman–Crippen MR) is 156 cm³/mol. The van der Waals surface area contributed by atoms with Gasteiger partial charge in [0.15, 0.2) is 0 Å². The number of hydrogen-bond donors (Lipinski definition) is 3. The minimum Gasteiger partial charge on any atom is -0.323 e. The van der Waals surface area contributed by atoms with E-state index in [1.807, 2.05) is 0 Å². The summed E-state index contributed by atoms with van der Waals surface area (Å²) in [6.45, 7) is 0. The number of halogens is 1. The molecule has 0 atom stereocenters. The molecule has 3 N–H and O–H groups in total. The lowest BCUT2D eigenvalue weighted by atomic mass is 10.1. The number of nitro groups is 1. The highest BCUT2D eigenvalue weighted by Crippen LogP contribution is 2.22. The fourth-order valence-corrected chi connectivity index (χ4v) is 4.23. The van der Waals surface area contributed by atoms with Crippen molar-refractivity contribution in [2.75, 3.05) is 16.4 Å². The maximum atomic E-state index is 13.7. The smallest absolute Gasteiger partial charge is 0.272 e. The number of nitro benzene ring substituents is 1. The van der Waals surface area contributed by atoms with Crippen LogP contribution in [-0.4, -0.2) is 28.4 Å².